The highest BCUT2D eigenvalue weighted by Crippen LogP contribution is 2.41. The van der Waals surface area contributed by atoms with Gasteiger partial charge < -0.3 is 15.3 Å². The molecule has 146 valence electrons. The highest BCUT2D eigenvalue weighted by Gasteiger charge is 2.19. The number of thioether (sulfide) groups is 1. The van der Waals surface area contributed by atoms with Crippen molar-refractivity contribution in [3.63, 3.8) is 0 Å². The number of phenolic OH excluding ortho intramolecular Hbond substituents is 2. The van der Waals surface area contributed by atoms with Gasteiger partial charge in [-0.1, -0.05) is 15.9 Å². The Bertz CT molecular complexity index is 1160. The van der Waals surface area contributed by atoms with Crippen LogP contribution in [0.25, 0.3) is 10.8 Å². The summed E-state index contributed by atoms with van der Waals surface area (Å²) in [5, 5.41) is 29.7. The van der Waals surface area contributed by atoms with Gasteiger partial charge >= 0.3 is 5.97 Å². The van der Waals surface area contributed by atoms with Gasteiger partial charge in [0.1, 0.15) is 11.5 Å². The predicted octanol–water partition coefficient (Wildman–Crippen LogP) is 3.99. The fourth-order valence-corrected chi connectivity index (χ4v) is 4.58. The molecule has 4 N–H and O–H groups in total. The van der Waals surface area contributed by atoms with Crippen LogP contribution in [0.1, 0.15) is 0 Å². The lowest BCUT2D eigenvalue weighted by molar-refractivity contribution is -0.133. The molecule has 7 nitrogen and oxygen atoms in total. The summed E-state index contributed by atoms with van der Waals surface area (Å²) in [6.45, 7) is 0. The highest BCUT2D eigenvalue weighted by atomic mass is 79.9. The lowest BCUT2D eigenvalue weighted by Crippen LogP contribution is -2.13. The number of fused-ring (bicyclic) bond motifs is 1. The number of halogens is 1. The van der Waals surface area contributed by atoms with Crippen molar-refractivity contribution in [2.75, 3.05) is 10.5 Å². The first-order chi connectivity index (χ1) is 13.2. The summed E-state index contributed by atoms with van der Waals surface area (Å²) in [5.74, 6) is -1.68. The van der Waals surface area contributed by atoms with E-state index < -0.39 is 16.0 Å². The van der Waals surface area contributed by atoms with E-state index in [1.54, 1.807) is 12.1 Å². The number of hydrogen-bond donors (Lipinski definition) is 4. The van der Waals surface area contributed by atoms with Crippen molar-refractivity contribution in [1.29, 1.82) is 0 Å². The normalized spacial score (nSPS) is 11.5. The van der Waals surface area contributed by atoms with Gasteiger partial charge in [-0.25, -0.2) is 8.42 Å². The Morgan fingerprint density at radius 2 is 1.71 bits per heavy atom. The number of hydrogen-bond acceptors (Lipinski definition) is 6. The van der Waals surface area contributed by atoms with Gasteiger partial charge in [-0.3, -0.25) is 9.52 Å². The van der Waals surface area contributed by atoms with Crippen LogP contribution in [-0.4, -0.2) is 35.5 Å². The summed E-state index contributed by atoms with van der Waals surface area (Å²) < 4.78 is 28.7. The van der Waals surface area contributed by atoms with E-state index in [0.717, 1.165) is 16.2 Å². The summed E-state index contributed by atoms with van der Waals surface area (Å²) in [6, 6.07) is 11.5. The molecule has 3 rings (SSSR count). The molecule has 0 aliphatic rings. The van der Waals surface area contributed by atoms with E-state index in [9.17, 15) is 23.4 Å². The van der Waals surface area contributed by atoms with E-state index in [1.807, 2.05) is 0 Å². The summed E-state index contributed by atoms with van der Waals surface area (Å²) in [6.07, 6.45) is 0. The molecule has 0 atom stereocenters. The average Bonchev–Trinajstić information content (AvgIpc) is 2.63. The molecule has 0 heterocycles. The van der Waals surface area contributed by atoms with Crippen molar-refractivity contribution in [2.24, 2.45) is 0 Å². The molecule has 0 aliphatic heterocycles. The second-order valence-corrected chi connectivity index (χ2v) is 9.36. The van der Waals surface area contributed by atoms with Gasteiger partial charge in [0.15, 0.2) is 0 Å². The number of anilines is 1. The number of carboxylic acid groups (broad SMARTS) is 1. The minimum absolute atomic E-state index is 0.0248. The zero-order chi connectivity index (χ0) is 20.5. The lowest BCUT2D eigenvalue weighted by atomic mass is 10.1. The maximum Gasteiger partial charge on any atom is 0.313 e. The Kier molecular flexibility index (Phi) is 5.73. The van der Waals surface area contributed by atoms with Crippen LogP contribution in [-0.2, 0) is 14.8 Å². The highest BCUT2D eigenvalue weighted by molar-refractivity contribution is 9.10. The summed E-state index contributed by atoms with van der Waals surface area (Å²) in [5.41, 5.74) is 0.111. The smallest absolute Gasteiger partial charge is 0.313 e. The quantitative estimate of drug-likeness (QED) is 0.308. The van der Waals surface area contributed by atoms with Crippen LogP contribution in [0.3, 0.4) is 0 Å². The number of aromatic hydroxyl groups is 2. The minimum Gasteiger partial charge on any atom is -0.508 e. The van der Waals surface area contributed by atoms with Crippen LogP contribution in [0, 0.1) is 0 Å². The predicted molar refractivity (Wildman–Crippen MR) is 111 cm³/mol. The number of rotatable bonds is 6. The number of sulfonamides is 1. The van der Waals surface area contributed by atoms with Crippen LogP contribution >= 0.6 is 27.7 Å². The van der Waals surface area contributed by atoms with Gasteiger partial charge in [0.05, 0.1) is 21.2 Å². The molecule has 3 aromatic rings. The Balaban J connectivity index is 2.12. The lowest BCUT2D eigenvalue weighted by Gasteiger charge is -2.15. The summed E-state index contributed by atoms with van der Waals surface area (Å²) in [7, 11) is -3.95. The van der Waals surface area contributed by atoms with Crippen molar-refractivity contribution >= 4 is 60.1 Å². The van der Waals surface area contributed by atoms with E-state index in [0.29, 0.717) is 0 Å². The standard InChI is InChI=1S/C18H14BrNO6S2/c19-10-1-4-12(5-2-10)28(25,26)20-15-8-16(27-9-17(22)23)18(24)13-6-3-11(21)7-14(13)15/h1-8,20-21,24H,9H2,(H,22,23). The zero-order valence-electron chi connectivity index (χ0n) is 14.1. The number of aliphatic carboxylic acids is 1. The molecule has 0 saturated carbocycles. The van der Waals surface area contributed by atoms with Gasteiger partial charge in [-0.15, -0.1) is 11.8 Å². The van der Waals surface area contributed by atoms with E-state index in [4.69, 9.17) is 5.11 Å². The molecule has 28 heavy (non-hydrogen) atoms. The zero-order valence-corrected chi connectivity index (χ0v) is 17.3. The molecule has 0 aliphatic carbocycles. The fourth-order valence-electron chi connectivity index (χ4n) is 2.52. The number of benzene rings is 3. The maximum absolute atomic E-state index is 12.8. The third kappa shape index (κ3) is 4.34. The van der Waals surface area contributed by atoms with Crippen LogP contribution in [0.4, 0.5) is 5.69 Å². The number of carbonyl (C=O) groups is 1. The third-order valence-electron chi connectivity index (χ3n) is 3.78. The maximum atomic E-state index is 12.8. The second kappa shape index (κ2) is 7.90. The van der Waals surface area contributed by atoms with Crippen molar-refractivity contribution in [3.8, 4) is 11.5 Å². The monoisotopic (exact) mass is 483 g/mol. The van der Waals surface area contributed by atoms with Gasteiger partial charge in [0, 0.05) is 15.2 Å². The third-order valence-corrected chi connectivity index (χ3v) is 6.70. The van der Waals surface area contributed by atoms with Gasteiger partial charge in [0.2, 0.25) is 0 Å². The summed E-state index contributed by atoms with van der Waals surface area (Å²) in [4.78, 5) is 11.1. The minimum atomic E-state index is -3.95. The molecule has 0 unspecified atom stereocenters. The SMILES string of the molecule is O=C(O)CSc1cc(NS(=O)(=O)c2ccc(Br)cc2)c2cc(O)ccc2c1O. The van der Waals surface area contributed by atoms with Gasteiger partial charge in [0.25, 0.3) is 10.0 Å². The van der Waals surface area contributed by atoms with Crippen LogP contribution in [0.5, 0.6) is 11.5 Å². The Labute approximate surface area is 173 Å². The average molecular weight is 484 g/mol. The first kappa shape index (κ1) is 20.3. The molecule has 0 radical (unpaired) electrons. The number of phenols is 2. The molecular weight excluding hydrogens is 470 g/mol. The molecule has 0 bridgehead atoms. The number of carboxylic acids is 1. The van der Waals surface area contributed by atoms with Crippen molar-refractivity contribution < 1.29 is 28.5 Å². The fraction of sp³-hybridized carbons (Fsp3) is 0.0556. The van der Waals surface area contributed by atoms with Crippen molar-refractivity contribution in [1.82, 2.24) is 0 Å². The molecule has 0 spiro atoms. The summed E-state index contributed by atoms with van der Waals surface area (Å²) >= 11 is 4.10. The molecule has 0 saturated heterocycles. The Morgan fingerprint density at radius 3 is 2.36 bits per heavy atom. The van der Waals surface area contributed by atoms with E-state index >= 15 is 0 Å². The second-order valence-electron chi connectivity index (χ2n) is 5.74. The molecular formula is C18H14BrNO6S2. The Morgan fingerprint density at radius 1 is 1.04 bits per heavy atom. The molecule has 0 aromatic heterocycles. The van der Waals surface area contributed by atoms with E-state index in [-0.39, 0.29) is 43.5 Å². The first-order valence-electron chi connectivity index (χ1n) is 7.79. The van der Waals surface area contributed by atoms with Crippen LogP contribution in [0.15, 0.2) is 62.8 Å². The molecule has 0 fully saturated rings. The first-order valence-corrected chi connectivity index (χ1v) is 11.1. The van der Waals surface area contributed by atoms with Gasteiger partial charge in [-0.05, 0) is 48.5 Å². The molecule has 0 amide bonds. The Hall–Kier alpha value is -2.43. The van der Waals surface area contributed by atoms with Crippen molar-refractivity contribution in [2.45, 2.75) is 9.79 Å². The molecule has 10 heteroatoms. The van der Waals surface area contributed by atoms with Crippen LogP contribution < -0.4 is 4.72 Å². The molecule has 3 aromatic carbocycles. The van der Waals surface area contributed by atoms with E-state index in [1.165, 1.54) is 36.4 Å². The van der Waals surface area contributed by atoms with Crippen molar-refractivity contribution in [3.05, 3.63) is 53.0 Å². The van der Waals surface area contributed by atoms with E-state index in [2.05, 4.69) is 20.7 Å². The largest absolute Gasteiger partial charge is 0.508 e. The van der Waals surface area contributed by atoms with Gasteiger partial charge in [-0.2, -0.15) is 0 Å². The number of nitrogens with one attached hydrogen (secondary N) is 1. The topological polar surface area (TPSA) is 124 Å². The van der Waals surface area contributed by atoms with Crippen LogP contribution in [0.2, 0.25) is 0 Å².